The molecule has 0 atom stereocenters. The van der Waals surface area contributed by atoms with Crippen molar-refractivity contribution in [1.82, 2.24) is 5.43 Å². The van der Waals surface area contributed by atoms with E-state index in [4.69, 9.17) is 0 Å². The van der Waals surface area contributed by atoms with Crippen molar-refractivity contribution in [3.05, 3.63) is 70.2 Å². The third kappa shape index (κ3) is 4.96. The summed E-state index contributed by atoms with van der Waals surface area (Å²) in [5.74, 6) is 0.211. The maximum atomic E-state index is 11.8. The van der Waals surface area contributed by atoms with Crippen molar-refractivity contribution in [3.8, 4) is 5.75 Å². The number of carbonyl (C=O) groups is 1. The summed E-state index contributed by atoms with van der Waals surface area (Å²) in [4.78, 5) is 11.8. The first-order valence-corrected chi connectivity index (χ1v) is 8.08. The molecule has 3 N–H and O–H groups in total. The molecule has 0 heterocycles. The number of carbonyl (C=O) groups excluding carboxylic acids is 1. The number of urea groups is 1. The zero-order valence-electron chi connectivity index (χ0n) is 13.2. The lowest BCUT2D eigenvalue weighted by molar-refractivity contribution is 0.252. The van der Waals surface area contributed by atoms with Gasteiger partial charge >= 0.3 is 6.03 Å². The van der Waals surface area contributed by atoms with Gasteiger partial charge in [-0.05, 0) is 66.4 Å². The molecule has 5 nitrogen and oxygen atoms in total. The number of hydrogen-bond donors (Lipinski definition) is 3. The third-order valence-electron chi connectivity index (χ3n) is 3.26. The van der Waals surface area contributed by atoms with Gasteiger partial charge in [-0.2, -0.15) is 5.10 Å². The molecule has 24 heavy (non-hydrogen) atoms. The molecule has 0 aliphatic heterocycles. The third-order valence-corrected chi connectivity index (χ3v) is 4.15. The number of allylic oxidation sites excluding steroid dienone is 1. The van der Waals surface area contributed by atoms with Crippen LogP contribution in [0.3, 0.4) is 0 Å². The Hall–Kier alpha value is -2.60. The van der Waals surface area contributed by atoms with Crippen LogP contribution in [-0.4, -0.2) is 17.4 Å². The average molecular weight is 388 g/mol. The van der Waals surface area contributed by atoms with Crippen molar-refractivity contribution >= 4 is 33.9 Å². The largest absolute Gasteiger partial charge is 0.508 e. The Bertz CT molecular complexity index is 788. The molecule has 0 radical (unpaired) electrons. The Morgan fingerprint density at radius 3 is 2.83 bits per heavy atom. The minimum atomic E-state index is -0.432. The molecule has 0 aromatic heterocycles. The van der Waals surface area contributed by atoms with Gasteiger partial charge in [0.1, 0.15) is 5.75 Å². The van der Waals surface area contributed by atoms with E-state index < -0.39 is 6.03 Å². The van der Waals surface area contributed by atoms with Gasteiger partial charge in [0.25, 0.3) is 0 Å². The van der Waals surface area contributed by atoms with Crippen LogP contribution < -0.4 is 10.7 Å². The second kappa shape index (κ2) is 8.31. The normalized spacial score (nSPS) is 10.6. The molecule has 0 aliphatic rings. The highest BCUT2D eigenvalue weighted by Crippen LogP contribution is 2.20. The zero-order valence-corrected chi connectivity index (χ0v) is 14.8. The van der Waals surface area contributed by atoms with Crippen molar-refractivity contribution < 1.29 is 9.90 Å². The topological polar surface area (TPSA) is 73.7 Å². The number of benzene rings is 2. The smallest absolute Gasteiger partial charge is 0.339 e. The van der Waals surface area contributed by atoms with Gasteiger partial charge in [0.15, 0.2) is 0 Å². The second-order valence-electron chi connectivity index (χ2n) is 5.17. The van der Waals surface area contributed by atoms with E-state index in [2.05, 4.69) is 38.4 Å². The van der Waals surface area contributed by atoms with Gasteiger partial charge in [-0.3, -0.25) is 0 Å². The van der Waals surface area contributed by atoms with Crippen LogP contribution in [0.5, 0.6) is 5.75 Å². The molecular formula is C18H18BrN3O2. The summed E-state index contributed by atoms with van der Waals surface area (Å²) in [5, 5.41) is 16.3. The van der Waals surface area contributed by atoms with Crippen molar-refractivity contribution in [2.45, 2.75) is 13.3 Å². The number of halogens is 1. The highest BCUT2D eigenvalue weighted by atomic mass is 79.9. The van der Waals surface area contributed by atoms with Crippen LogP contribution in [0.1, 0.15) is 16.7 Å². The molecule has 0 spiro atoms. The molecule has 2 aromatic rings. The molecule has 0 fully saturated rings. The zero-order chi connectivity index (χ0) is 17.5. The Morgan fingerprint density at radius 1 is 1.33 bits per heavy atom. The SMILES string of the molecule is C=CCc1cc(/C=N/NC(=O)Nc2ccc(Br)c(C)c2)ccc1O. The number of anilines is 1. The van der Waals surface area contributed by atoms with Crippen molar-refractivity contribution in [1.29, 1.82) is 0 Å². The fourth-order valence-corrected chi connectivity index (χ4v) is 2.30. The van der Waals surface area contributed by atoms with Gasteiger partial charge in [0.2, 0.25) is 0 Å². The minimum absolute atomic E-state index is 0.211. The summed E-state index contributed by atoms with van der Waals surface area (Å²) in [5.41, 5.74) is 5.63. The number of amides is 2. The van der Waals surface area contributed by atoms with Crippen LogP contribution in [0.4, 0.5) is 10.5 Å². The Morgan fingerprint density at radius 2 is 2.12 bits per heavy atom. The van der Waals surface area contributed by atoms with Crippen LogP contribution in [0.15, 0.2) is 58.6 Å². The molecule has 0 aliphatic carbocycles. The van der Waals surface area contributed by atoms with Crippen molar-refractivity contribution in [2.75, 3.05) is 5.32 Å². The van der Waals surface area contributed by atoms with Crippen LogP contribution >= 0.6 is 15.9 Å². The van der Waals surface area contributed by atoms with Gasteiger partial charge < -0.3 is 10.4 Å². The van der Waals surface area contributed by atoms with Gasteiger partial charge in [-0.25, -0.2) is 10.2 Å². The molecule has 6 heteroatoms. The highest BCUT2D eigenvalue weighted by Gasteiger charge is 2.03. The molecule has 0 saturated carbocycles. The Kier molecular flexibility index (Phi) is 6.14. The van der Waals surface area contributed by atoms with Crippen LogP contribution in [0.25, 0.3) is 0 Å². The van der Waals surface area contributed by atoms with Crippen LogP contribution in [0, 0.1) is 6.92 Å². The lowest BCUT2D eigenvalue weighted by Gasteiger charge is -2.06. The quantitative estimate of drug-likeness (QED) is 0.405. The molecule has 2 amide bonds. The molecule has 0 saturated heterocycles. The van der Waals surface area contributed by atoms with Crippen molar-refractivity contribution in [2.24, 2.45) is 5.10 Å². The number of phenols is 1. The Balaban J connectivity index is 1.95. The van der Waals surface area contributed by atoms with E-state index in [9.17, 15) is 9.90 Å². The molecule has 0 unspecified atom stereocenters. The summed E-state index contributed by atoms with van der Waals surface area (Å²) in [6.07, 6.45) is 3.78. The van der Waals surface area contributed by atoms with E-state index >= 15 is 0 Å². The number of hydrogen-bond acceptors (Lipinski definition) is 3. The number of aromatic hydroxyl groups is 1. The number of nitrogens with zero attached hydrogens (tertiary/aromatic N) is 1. The van der Waals surface area contributed by atoms with Crippen LogP contribution in [-0.2, 0) is 6.42 Å². The van der Waals surface area contributed by atoms with E-state index in [0.29, 0.717) is 12.1 Å². The summed E-state index contributed by atoms with van der Waals surface area (Å²) in [6, 6.07) is 10.2. The van der Waals surface area contributed by atoms with E-state index in [1.54, 1.807) is 30.3 Å². The van der Waals surface area contributed by atoms with Gasteiger partial charge in [0, 0.05) is 10.2 Å². The van der Waals surface area contributed by atoms with E-state index in [0.717, 1.165) is 21.2 Å². The molecule has 2 rings (SSSR count). The number of nitrogens with one attached hydrogen (secondary N) is 2. The summed E-state index contributed by atoms with van der Waals surface area (Å²) < 4.78 is 0.981. The monoisotopic (exact) mass is 387 g/mol. The Labute approximate surface area is 149 Å². The highest BCUT2D eigenvalue weighted by molar-refractivity contribution is 9.10. The molecule has 0 bridgehead atoms. The van der Waals surface area contributed by atoms with E-state index in [1.165, 1.54) is 6.21 Å². The van der Waals surface area contributed by atoms with Crippen molar-refractivity contribution in [3.63, 3.8) is 0 Å². The van der Waals surface area contributed by atoms with Gasteiger partial charge in [-0.15, -0.1) is 6.58 Å². The summed E-state index contributed by atoms with van der Waals surface area (Å²) in [6.45, 7) is 5.59. The second-order valence-corrected chi connectivity index (χ2v) is 6.02. The number of rotatable bonds is 5. The maximum Gasteiger partial charge on any atom is 0.339 e. The maximum absolute atomic E-state index is 11.8. The average Bonchev–Trinajstić information content (AvgIpc) is 2.54. The van der Waals surface area contributed by atoms with E-state index in [-0.39, 0.29) is 5.75 Å². The molecule has 124 valence electrons. The standard InChI is InChI=1S/C18H18BrN3O2/c1-3-4-14-10-13(5-8-17(14)23)11-20-22-18(24)21-15-6-7-16(19)12(2)9-15/h3,5-11,23H,1,4H2,2H3,(H2,21,22,24)/b20-11+. The molecule has 2 aromatic carbocycles. The predicted octanol–water partition coefficient (Wildman–Crippen LogP) is 4.35. The minimum Gasteiger partial charge on any atom is -0.508 e. The lowest BCUT2D eigenvalue weighted by Crippen LogP contribution is -2.24. The van der Waals surface area contributed by atoms with Gasteiger partial charge in [-0.1, -0.05) is 22.0 Å². The van der Waals surface area contributed by atoms with E-state index in [1.807, 2.05) is 19.1 Å². The summed E-state index contributed by atoms with van der Waals surface area (Å²) in [7, 11) is 0. The summed E-state index contributed by atoms with van der Waals surface area (Å²) >= 11 is 3.41. The first-order valence-electron chi connectivity index (χ1n) is 7.28. The predicted molar refractivity (Wildman–Crippen MR) is 101 cm³/mol. The van der Waals surface area contributed by atoms with Gasteiger partial charge in [0.05, 0.1) is 6.21 Å². The fraction of sp³-hybridized carbons (Fsp3) is 0.111. The lowest BCUT2D eigenvalue weighted by atomic mass is 10.1. The number of hydrazone groups is 1. The first kappa shape index (κ1) is 17.7. The molecular weight excluding hydrogens is 370 g/mol. The number of aryl methyl sites for hydroxylation is 1. The number of phenolic OH excluding ortho intramolecular Hbond substituents is 1. The van der Waals surface area contributed by atoms with Crippen LogP contribution in [0.2, 0.25) is 0 Å². The fourth-order valence-electron chi connectivity index (χ4n) is 2.05. The first-order chi connectivity index (χ1) is 11.5.